The summed E-state index contributed by atoms with van der Waals surface area (Å²) in [5.41, 5.74) is 2.48. The average Bonchev–Trinajstić information content (AvgIpc) is 3.19. The predicted octanol–water partition coefficient (Wildman–Crippen LogP) is 0.831. The summed E-state index contributed by atoms with van der Waals surface area (Å²) in [6, 6.07) is 0. The Labute approximate surface area is 152 Å². The first kappa shape index (κ1) is 17.0. The van der Waals surface area contributed by atoms with Crippen LogP contribution in [0.15, 0.2) is 0 Å². The van der Waals surface area contributed by atoms with E-state index in [1.54, 1.807) is 0 Å². The second-order valence-corrected chi connectivity index (χ2v) is 7.14. The van der Waals surface area contributed by atoms with Crippen molar-refractivity contribution in [3.63, 3.8) is 0 Å². The van der Waals surface area contributed by atoms with Crippen LogP contribution in [0.25, 0.3) is 0 Å². The lowest BCUT2D eigenvalue weighted by atomic mass is 9.99. The normalized spacial score (nSPS) is 23.2. The molecule has 4 heterocycles. The van der Waals surface area contributed by atoms with Gasteiger partial charge in [0.25, 0.3) is 5.91 Å². The number of carbonyl (C=O) groups excluding carboxylic acids is 1. The quantitative estimate of drug-likeness (QED) is 0.854. The van der Waals surface area contributed by atoms with Gasteiger partial charge in [0, 0.05) is 45.2 Å². The highest BCUT2D eigenvalue weighted by Gasteiger charge is 2.32. The molecule has 2 aliphatic heterocycles. The van der Waals surface area contributed by atoms with E-state index in [0.29, 0.717) is 18.8 Å². The molecule has 1 fully saturated rings. The highest BCUT2D eigenvalue weighted by Crippen LogP contribution is 2.30. The number of nitrogens with zero attached hydrogens (tertiary/aromatic N) is 6. The number of carbonyl (C=O) groups is 1. The minimum atomic E-state index is -0.0567. The number of fused-ring (bicyclic) bond motifs is 1. The fraction of sp³-hybridized carbons (Fsp3) is 0.647. The van der Waals surface area contributed by atoms with Gasteiger partial charge in [0.1, 0.15) is 5.82 Å². The van der Waals surface area contributed by atoms with Crippen molar-refractivity contribution in [3.05, 3.63) is 22.8 Å². The number of rotatable bonds is 2. The second-order valence-electron chi connectivity index (χ2n) is 7.14. The number of ether oxygens (including phenoxy) is 1. The Hall–Kier alpha value is -2.42. The maximum absolute atomic E-state index is 13.0. The molecule has 0 radical (unpaired) electrons. The van der Waals surface area contributed by atoms with Crippen molar-refractivity contribution in [2.45, 2.75) is 39.4 Å². The van der Waals surface area contributed by atoms with Gasteiger partial charge in [0.05, 0.1) is 17.9 Å². The Kier molecular flexibility index (Phi) is 4.18. The molecule has 4 rings (SSSR count). The fourth-order valence-electron chi connectivity index (χ4n) is 3.78. The summed E-state index contributed by atoms with van der Waals surface area (Å²) in [7, 11) is 1.96. The van der Waals surface area contributed by atoms with Crippen LogP contribution >= 0.6 is 0 Å². The molecule has 26 heavy (non-hydrogen) atoms. The van der Waals surface area contributed by atoms with E-state index in [0.717, 1.165) is 42.5 Å². The van der Waals surface area contributed by atoms with Gasteiger partial charge in [-0.1, -0.05) is 0 Å². The molecular formula is C17H25N7O2. The number of amides is 1. The maximum Gasteiger partial charge on any atom is 0.274 e. The van der Waals surface area contributed by atoms with Crippen molar-refractivity contribution in [1.29, 1.82) is 0 Å². The van der Waals surface area contributed by atoms with Crippen molar-refractivity contribution < 1.29 is 9.53 Å². The minimum absolute atomic E-state index is 0.00223. The summed E-state index contributed by atoms with van der Waals surface area (Å²) in [6.07, 6.45) is 0.756. The monoisotopic (exact) mass is 359 g/mol. The number of hydrogen-bond donors (Lipinski definition) is 1. The summed E-state index contributed by atoms with van der Waals surface area (Å²) in [5, 5.41) is 15.7. The van der Waals surface area contributed by atoms with E-state index < -0.39 is 0 Å². The molecule has 1 saturated heterocycles. The highest BCUT2D eigenvalue weighted by molar-refractivity contribution is 5.94. The largest absolute Gasteiger partial charge is 0.369 e. The number of aromatic amines is 1. The third-order valence-electron chi connectivity index (χ3n) is 5.36. The molecule has 2 aromatic heterocycles. The van der Waals surface area contributed by atoms with Crippen LogP contribution in [0.5, 0.6) is 0 Å². The topological polar surface area (TPSA) is 92.2 Å². The number of piperazine rings is 1. The molecular weight excluding hydrogens is 334 g/mol. The SMILES string of the molecule is Cc1nnc(N2CCN(C(=O)c3n[nH]c4c3C[C@@H](C)O[C@H]4C)CC2)n1C. The highest BCUT2D eigenvalue weighted by atomic mass is 16.5. The molecule has 9 heteroatoms. The molecule has 0 unspecified atom stereocenters. The Morgan fingerprint density at radius 2 is 1.92 bits per heavy atom. The summed E-state index contributed by atoms with van der Waals surface area (Å²) in [4.78, 5) is 17.1. The predicted molar refractivity (Wildman–Crippen MR) is 95.1 cm³/mol. The van der Waals surface area contributed by atoms with Crippen molar-refractivity contribution in [2.75, 3.05) is 31.1 Å². The van der Waals surface area contributed by atoms with E-state index in [2.05, 4.69) is 25.3 Å². The van der Waals surface area contributed by atoms with Gasteiger partial charge in [-0.05, 0) is 20.8 Å². The van der Waals surface area contributed by atoms with E-state index in [-0.39, 0.29) is 18.1 Å². The van der Waals surface area contributed by atoms with Crippen LogP contribution < -0.4 is 4.90 Å². The fourth-order valence-corrected chi connectivity index (χ4v) is 3.78. The number of hydrogen-bond acceptors (Lipinski definition) is 6. The Bertz CT molecular complexity index is 819. The van der Waals surface area contributed by atoms with E-state index >= 15 is 0 Å². The molecule has 1 amide bonds. The first-order chi connectivity index (χ1) is 12.5. The maximum atomic E-state index is 13.0. The molecule has 2 aliphatic rings. The van der Waals surface area contributed by atoms with E-state index in [4.69, 9.17) is 4.74 Å². The molecule has 1 N–H and O–H groups in total. The van der Waals surface area contributed by atoms with Crippen LogP contribution in [0.4, 0.5) is 5.95 Å². The molecule has 2 aromatic rings. The van der Waals surface area contributed by atoms with Crippen molar-refractivity contribution in [1.82, 2.24) is 29.9 Å². The van der Waals surface area contributed by atoms with Crippen LogP contribution in [0.2, 0.25) is 0 Å². The van der Waals surface area contributed by atoms with Gasteiger partial charge < -0.3 is 19.1 Å². The molecule has 0 spiro atoms. The lowest BCUT2D eigenvalue weighted by Gasteiger charge is -2.35. The molecule has 140 valence electrons. The second kappa shape index (κ2) is 6.39. The minimum Gasteiger partial charge on any atom is -0.369 e. The summed E-state index contributed by atoms with van der Waals surface area (Å²) in [5.74, 6) is 1.73. The van der Waals surface area contributed by atoms with Crippen molar-refractivity contribution >= 4 is 11.9 Å². The zero-order valence-corrected chi connectivity index (χ0v) is 15.7. The number of anilines is 1. The van der Waals surface area contributed by atoms with E-state index in [1.165, 1.54) is 0 Å². The number of H-pyrrole nitrogens is 1. The van der Waals surface area contributed by atoms with Crippen LogP contribution in [0, 0.1) is 6.92 Å². The lowest BCUT2D eigenvalue weighted by Crippen LogP contribution is -2.49. The summed E-state index contributed by atoms with van der Waals surface area (Å²) >= 11 is 0. The number of aryl methyl sites for hydroxylation is 1. The standard InChI is InChI=1S/C17H25N7O2/c1-10-9-13-14(11(2)26-10)19-20-15(13)16(25)23-5-7-24(8-6-23)17-21-18-12(3)22(17)4/h10-11H,5-9H2,1-4H3,(H,19,20)/t10-,11+/m1/s1. The number of aromatic nitrogens is 5. The zero-order chi connectivity index (χ0) is 18.4. The van der Waals surface area contributed by atoms with Crippen molar-refractivity contribution in [3.8, 4) is 0 Å². The first-order valence-electron chi connectivity index (χ1n) is 9.08. The third-order valence-corrected chi connectivity index (χ3v) is 5.36. The van der Waals surface area contributed by atoms with E-state index in [9.17, 15) is 4.79 Å². The Balaban J connectivity index is 1.47. The molecule has 0 saturated carbocycles. The summed E-state index contributed by atoms with van der Waals surface area (Å²) in [6.45, 7) is 8.72. The van der Waals surface area contributed by atoms with Crippen LogP contribution in [0.3, 0.4) is 0 Å². The van der Waals surface area contributed by atoms with Gasteiger partial charge in [-0.15, -0.1) is 10.2 Å². The summed E-state index contributed by atoms with van der Waals surface area (Å²) < 4.78 is 7.79. The van der Waals surface area contributed by atoms with Gasteiger partial charge in [-0.25, -0.2) is 0 Å². The smallest absolute Gasteiger partial charge is 0.274 e. The van der Waals surface area contributed by atoms with Crippen LogP contribution in [-0.4, -0.2) is 68.1 Å². The molecule has 0 aromatic carbocycles. The van der Waals surface area contributed by atoms with Gasteiger partial charge in [0.2, 0.25) is 5.95 Å². The first-order valence-corrected chi connectivity index (χ1v) is 9.08. The molecule has 0 bridgehead atoms. The average molecular weight is 359 g/mol. The van der Waals surface area contributed by atoms with Gasteiger partial charge >= 0.3 is 0 Å². The van der Waals surface area contributed by atoms with Gasteiger partial charge in [0.15, 0.2) is 5.69 Å². The third kappa shape index (κ3) is 2.76. The molecule has 0 aliphatic carbocycles. The van der Waals surface area contributed by atoms with Crippen LogP contribution in [0.1, 0.15) is 47.5 Å². The van der Waals surface area contributed by atoms with Crippen LogP contribution in [-0.2, 0) is 18.2 Å². The van der Waals surface area contributed by atoms with Crippen molar-refractivity contribution in [2.24, 2.45) is 7.05 Å². The Morgan fingerprint density at radius 3 is 2.58 bits per heavy atom. The molecule has 9 nitrogen and oxygen atoms in total. The van der Waals surface area contributed by atoms with Gasteiger partial charge in [-0.2, -0.15) is 5.10 Å². The number of nitrogens with one attached hydrogen (secondary N) is 1. The van der Waals surface area contributed by atoms with Gasteiger partial charge in [-0.3, -0.25) is 9.89 Å². The molecule has 2 atom stereocenters. The van der Waals surface area contributed by atoms with E-state index in [1.807, 2.05) is 37.3 Å². The lowest BCUT2D eigenvalue weighted by molar-refractivity contribution is -0.00702. The zero-order valence-electron chi connectivity index (χ0n) is 15.7. The Morgan fingerprint density at radius 1 is 1.19 bits per heavy atom.